The maximum Gasteiger partial charge on any atom is 0.329 e. The lowest BCUT2D eigenvalue weighted by atomic mass is 9.81. The molecular formula is C21H25ClN2O5. The van der Waals surface area contributed by atoms with Crippen LogP contribution in [0.3, 0.4) is 0 Å². The summed E-state index contributed by atoms with van der Waals surface area (Å²) in [5.74, 6) is -2.43. The van der Waals surface area contributed by atoms with Gasteiger partial charge in [-0.3, -0.25) is 19.3 Å². The monoisotopic (exact) mass is 420 g/mol. The summed E-state index contributed by atoms with van der Waals surface area (Å²) in [7, 11) is 0. The summed E-state index contributed by atoms with van der Waals surface area (Å²) in [6.45, 7) is 1.38. The highest BCUT2D eigenvalue weighted by atomic mass is 35.5. The second-order valence-corrected chi connectivity index (χ2v) is 7.99. The lowest BCUT2D eigenvalue weighted by molar-refractivity contribution is -0.159. The van der Waals surface area contributed by atoms with E-state index in [0.717, 1.165) is 23.3 Å². The molecule has 1 aromatic carbocycles. The van der Waals surface area contributed by atoms with Crippen LogP contribution in [0.1, 0.15) is 38.2 Å². The van der Waals surface area contributed by atoms with Crippen LogP contribution < -0.4 is 5.32 Å². The van der Waals surface area contributed by atoms with E-state index in [1.54, 1.807) is 6.07 Å². The molecule has 7 nitrogen and oxygen atoms in total. The number of fused-ring (bicyclic) bond motifs is 1. The van der Waals surface area contributed by atoms with Crippen LogP contribution >= 0.6 is 11.6 Å². The molecule has 1 heterocycles. The summed E-state index contributed by atoms with van der Waals surface area (Å²) in [6, 6.07) is 6.30. The SMILES string of the molecule is C[C@@H](C(=O)OCC(=O)NCCc1cccc(Cl)c1)N1C(=O)[C@H]2CCCC[C@H]2C1=O. The van der Waals surface area contributed by atoms with Gasteiger partial charge in [0.25, 0.3) is 5.91 Å². The van der Waals surface area contributed by atoms with Crippen LogP contribution in [0.15, 0.2) is 24.3 Å². The maximum absolute atomic E-state index is 12.5. The molecular weight excluding hydrogens is 396 g/mol. The number of halogens is 1. The number of amides is 3. The topological polar surface area (TPSA) is 92.8 Å². The Balaban J connectivity index is 1.44. The minimum Gasteiger partial charge on any atom is -0.454 e. The molecule has 0 spiro atoms. The van der Waals surface area contributed by atoms with Gasteiger partial charge in [0.15, 0.2) is 6.61 Å². The molecule has 1 aromatic rings. The van der Waals surface area contributed by atoms with Crippen molar-refractivity contribution in [3.05, 3.63) is 34.9 Å². The zero-order chi connectivity index (χ0) is 21.0. The van der Waals surface area contributed by atoms with Gasteiger partial charge in [0, 0.05) is 11.6 Å². The summed E-state index contributed by atoms with van der Waals surface area (Å²) >= 11 is 5.92. The van der Waals surface area contributed by atoms with Crippen molar-refractivity contribution in [3.8, 4) is 0 Å². The fourth-order valence-corrected chi connectivity index (χ4v) is 4.23. The Bertz CT molecular complexity index is 788. The zero-order valence-corrected chi connectivity index (χ0v) is 17.1. The van der Waals surface area contributed by atoms with Gasteiger partial charge in [-0.15, -0.1) is 0 Å². The molecule has 29 heavy (non-hydrogen) atoms. The van der Waals surface area contributed by atoms with Crippen molar-refractivity contribution in [1.82, 2.24) is 10.2 Å². The van der Waals surface area contributed by atoms with Crippen molar-refractivity contribution in [2.75, 3.05) is 13.2 Å². The van der Waals surface area contributed by atoms with Gasteiger partial charge in [0.2, 0.25) is 11.8 Å². The lowest BCUT2D eigenvalue weighted by Crippen LogP contribution is -2.45. The number of likely N-dealkylation sites (tertiary alicyclic amines) is 1. The average molecular weight is 421 g/mol. The summed E-state index contributed by atoms with van der Waals surface area (Å²) in [5.41, 5.74) is 0.982. The number of hydrogen-bond acceptors (Lipinski definition) is 5. The number of imide groups is 1. The molecule has 0 radical (unpaired) electrons. The first-order valence-electron chi connectivity index (χ1n) is 9.93. The van der Waals surface area contributed by atoms with E-state index in [0.29, 0.717) is 30.8 Å². The Morgan fingerprint density at radius 1 is 1.21 bits per heavy atom. The van der Waals surface area contributed by atoms with E-state index in [4.69, 9.17) is 16.3 Å². The van der Waals surface area contributed by atoms with Crippen LogP contribution in [-0.4, -0.2) is 47.8 Å². The predicted octanol–water partition coefficient (Wildman–Crippen LogP) is 2.11. The van der Waals surface area contributed by atoms with Gasteiger partial charge in [-0.2, -0.15) is 0 Å². The fourth-order valence-electron chi connectivity index (χ4n) is 4.02. The van der Waals surface area contributed by atoms with Crippen molar-refractivity contribution in [1.29, 1.82) is 0 Å². The van der Waals surface area contributed by atoms with E-state index >= 15 is 0 Å². The first-order valence-corrected chi connectivity index (χ1v) is 10.3. The largest absolute Gasteiger partial charge is 0.454 e. The highest BCUT2D eigenvalue weighted by molar-refractivity contribution is 6.30. The highest BCUT2D eigenvalue weighted by Gasteiger charge is 2.51. The summed E-state index contributed by atoms with van der Waals surface area (Å²) in [6.07, 6.45) is 3.80. The molecule has 2 aliphatic rings. The molecule has 1 saturated heterocycles. The van der Waals surface area contributed by atoms with E-state index in [2.05, 4.69) is 5.32 Å². The zero-order valence-electron chi connectivity index (χ0n) is 16.4. The van der Waals surface area contributed by atoms with Gasteiger partial charge in [-0.05, 0) is 43.9 Å². The van der Waals surface area contributed by atoms with Crippen molar-refractivity contribution in [3.63, 3.8) is 0 Å². The molecule has 1 saturated carbocycles. The average Bonchev–Trinajstić information content (AvgIpc) is 2.96. The third-order valence-corrected chi connectivity index (χ3v) is 5.81. The van der Waals surface area contributed by atoms with E-state index in [1.807, 2.05) is 18.2 Å². The van der Waals surface area contributed by atoms with Crippen LogP contribution in [0, 0.1) is 11.8 Å². The molecule has 1 aliphatic carbocycles. The van der Waals surface area contributed by atoms with Crippen LogP contribution in [0.2, 0.25) is 5.02 Å². The first kappa shape index (κ1) is 21.3. The van der Waals surface area contributed by atoms with Gasteiger partial charge >= 0.3 is 5.97 Å². The number of hydrogen-bond donors (Lipinski definition) is 1. The number of benzene rings is 1. The number of carbonyl (C=O) groups is 4. The van der Waals surface area contributed by atoms with Gasteiger partial charge in [-0.25, -0.2) is 4.79 Å². The molecule has 0 bridgehead atoms. The lowest BCUT2D eigenvalue weighted by Gasteiger charge is -2.21. The minimum atomic E-state index is -1.03. The molecule has 156 valence electrons. The number of nitrogens with one attached hydrogen (secondary N) is 1. The Kier molecular flexibility index (Phi) is 6.90. The molecule has 3 atom stereocenters. The van der Waals surface area contributed by atoms with Crippen molar-refractivity contribution >= 4 is 35.3 Å². The van der Waals surface area contributed by atoms with E-state index < -0.39 is 24.5 Å². The Morgan fingerprint density at radius 3 is 2.48 bits per heavy atom. The van der Waals surface area contributed by atoms with E-state index in [1.165, 1.54) is 6.92 Å². The maximum atomic E-state index is 12.5. The minimum absolute atomic E-state index is 0.296. The number of rotatable bonds is 7. The van der Waals surface area contributed by atoms with E-state index in [9.17, 15) is 19.2 Å². The van der Waals surface area contributed by atoms with Crippen LogP contribution in [0.25, 0.3) is 0 Å². The first-order chi connectivity index (χ1) is 13.9. The smallest absolute Gasteiger partial charge is 0.329 e. The molecule has 1 aliphatic heterocycles. The molecule has 0 unspecified atom stereocenters. The highest BCUT2D eigenvalue weighted by Crippen LogP contribution is 2.38. The van der Waals surface area contributed by atoms with Crippen molar-refractivity contribution in [2.45, 2.75) is 45.1 Å². The normalized spacial score (nSPS) is 22.2. The Labute approximate surface area is 174 Å². The second-order valence-electron chi connectivity index (χ2n) is 7.56. The molecule has 0 aromatic heterocycles. The molecule has 3 amide bonds. The van der Waals surface area contributed by atoms with Crippen LogP contribution in [0.4, 0.5) is 0 Å². The number of ether oxygens (including phenoxy) is 1. The van der Waals surface area contributed by atoms with Gasteiger partial charge in [0.05, 0.1) is 11.8 Å². The van der Waals surface area contributed by atoms with Crippen LogP contribution in [-0.2, 0) is 30.3 Å². The Morgan fingerprint density at radius 2 is 1.86 bits per heavy atom. The van der Waals surface area contributed by atoms with Gasteiger partial charge in [0.1, 0.15) is 6.04 Å². The van der Waals surface area contributed by atoms with Gasteiger partial charge < -0.3 is 10.1 Å². The molecule has 8 heteroatoms. The standard InChI is InChI=1S/C21H25ClN2O5/c1-13(24-19(26)16-7-2-3-8-17(16)20(24)27)21(28)29-12-18(25)23-10-9-14-5-4-6-15(22)11-14/h4-6,11,13,16-17H,2-3,7-10,12H2,1H3,(H,23,25)/t13-,16-,17+/m0/s1. The third kappa shape index (κ3) is 4.96. The molecule has 3 rings (SSSR count). The quantitative estimate of drug-likeness (QED) is 0.538. The summed E-state index contributed by atoms with van der Waals surface area (Å²) in [4.78, 5) is 50.3. The van der Waals surface area contributed by atoms with Crippen molar-refractivity contribution < 1.29 is 23.9 Å². The third-order valence-electron chi connectivity index (χ3n) is 5.57. The summed E-state index contributed by atoms with van der Waals surface area (Å²) in [5, 5.41) is 3.29. The number of carbonyl (C=O) groups excluding carboxylic acids is 4. The van der Waals surface area contributed by atoms with E-state index in [-0.39, 0.29) is 23.7 Å². The Hall–Kier alpha value is -2.41. The number of nitrogens with zero attached hydrogens (tertiary/aromatic N) is 1. The number of esters is 1. The summed E-state index contributed by atoms with van der Waals surface area (Å²) < 4.78 is 5.03. The van der Waals surface area contributed by atoms with Crippen molar-refractivity contribution in [2.24, 2.45) is 11.8 Å². The molecule has 1 N–H and O–H groups in total. The predicted molar refractivity (Wildman–Crippen MR) is 106 cm³/mol. The fraction of sp³-hybridized carbons (Fsp3) is 0.524. The molecule has 2 fully saturated rings. The van der Waals surface area contributed by atoms with Gasteiger partial charge in [-0.1, -0.05) is 36.6 Å². The van der Waals surface area contributed by atoms with Crippen LogP contribution in [0.5, 0.6) is 0 Å². The second kappa shape index (κ2) is 9.39.